The van der Waals surface area contributed by atoms with E-state index in [-0.39, 0.29) is 16.7 Å². The monoisotopic (exact) mass is 459 g/mol. The Morgan fingerprint density at radius 1 is 1.10 bits per heavy atom. The largest absolute Gasteiger partial charge is 0.367 e. The average Bonchev–Trinajstić information content (AvgIpc) is 3.26. The summed E-state index contributed by atoms with van der Waals surface area (Å²) in [6.45, 7) is 0. The summed E-state index contributed by atoms with van der Waals surface area (Å²) in [4.78, 5) is 13.2. The van der Waals surface area contributed by atoms with Crippen LogP contribution in [0.15, 0.2) is 58.4 Å². The highest BCUT2D eigenvalue weighted by atomic mass is 35.5. The highest BCUT2D eigenvalue weighted by molar-refractivity contribution is 7.92. The molecule has 31 heavy (non-hydrogen) atoms. The molecule has 0 aliphatic heterocycles. The number of benzene rings is 2. The first-order valence-electron chi connectivity index (χ1n) is 9.94. The molecule has 8 nitrogen and oxygen atoms in total. The van der Waals surface area contributed by atoms with Crippen LogP contribution in [0.5, 0.6) is 0 Å². The van der Waals surface area contributed by atoms with Gasteiger partial charge in [-0.1, -0.05) is 36.6 Å². The van der Waals surface area contributed by atoms with Crippen LogP contribution in [-0.4, -0.2) is 41.2 Å². The van der Waals surface area contributed by atoms with Gasteiger partial charge in [0, 0.05) is 16.5 Å². The summed E-state index contributed by atoms with van der Waals surface area (Å²) >= 11 is 5.83. The lowest BCUT2D eigenvalue weighted by Crippen LogP contribution is -2.28. The highest BCUT2D eigenvalue weighted by Crippen LogP contribution is 2.27. The number of fused-ring (bicyclic) bond motifs is 1. The van der Waals surface area contributed by atoms with Crippen molar-refractivity contribution in [2.45, 2.75) is 36.6 Å². The second-order valence-electron chi connectivity index (χ2n) is 7.40. The maximum absolute atomic E-state index is 12.7. The standard InChI is InChI=1S/C21H22ClN5O3S/c22-14-9-11-16(12-10-14)31(29,30)13-19(27-28)25-21-24-18-8-4-3-7-17(18)20(26-21)23-15-5-1-2-6-15/h3-4,7-12,15,28H,1-2,5-6,13H2,(H2,23,24,25,26,27). The summed E-state index contributed by atoms with van der Waals surface area (Å²) in [6, 6.07) is 13.7. The molecule has 0 radical (unpaired) electrons. The molecule has 1 aromatic heterocycles. The number of aliphatic imine (C=N–C) groups is 1. The summed E-state index contributed by atoms with van der Waals surface area (Å²) in [5.41, 5.74) is 2.55. The third-order valence-electron chi connectivity index (χ3n) is 5.15. The summed E-state index contributed by atoms with van der Waals surface area (Å²) < 4.78 is 25.4. The predicted octanol–water partition coefficient (Wildman–Crippen LogP) is 4.12. The van der Waals surface area contributed by atoms with Crippen molar-refractivity contribution in [2.24, 2.45) is 4.99 Å². The van der Waals surface area contributed by atoms with Gasteiger partial charge in [-0.2, -0.15) is 9.98 Å². The second-order valence-corrected chi connectivity index (χ2v) is 9.82. The van der Waals surface area contributed by atoms with Gasteiger partial charge in [-0.15, -0.1) is 0 Å². The Morgan fingerprint density at radius 2 is 1.81 bits per heavy atom. The minimum absolute atomic E-state index is 0.0575. The number of anilines is 1. The number of sulfone groups is 1. The van der Waals surface area contributed by atoms with E-state index in [1.165, 1.54) is 37.1 Å². The average molecular weight is 460 g/mol. The van der Waals surface area contributed by atoms with Crippen LogP contribution in [-0.2, 0) is 9.84 Å². The topological polar surface area (TPSA) is 117 Å². The minimum Gasteiger partial charge on any atom is -0.367 e. The lowest BCUT2D eigenvalue weighted by molar-refractivity contribution is 0.234. The van der Waals surface area contributed by atoms with Crippen LogP contribution in [0.3, 0.4) is 0 Å². The number of nitrogens with one attached hydrogen (secondary N) is 2. The van der Waals surface area contributed by atoms with Crippen molar-refractivity contribution >= 4 is 49.9 Å². The van der Waals surface area contributed by atoms with E-state index in [2.05, 4.69) is 20.3 Å². The number of nitrogens with zero attached hydrogens (tertiary/aromatic N) is 3. The quantitative estimate of drug-likeness (QED) is 0.288. The number of rotatable bonds is 6. The number of para-hydroxylation sites is 1. The Bertz CT molecular complexity index is 1210. The normalized spacial score (nSPS) is 15.4. The third-order valence-corrected chi connectivity index (χ3v) is 7.05. The van der Waals surface area contributed by atoms with Crippen molar-refractivity contribution in [1.82, 2.24) is 15.4 Å². The van der Waals surface area contributed by atoms with Crippen LogP contribution in [0, 0.1) is 0 Å². The van der Waals surface area contributed by atoms with Gasteiger partial charge in [0.2, 0.25) is 0 Å². The fourth-order valence-corrected chi connectivity index (χ4v) is 4.94. The Balaban J connectivity index is 1.66. The van der Waals surface area contributed by atoms with Gasteiger partial charge >= 0.3 is 0 Å². The molecule has 1 heterocycles. The fraction of sp³-hybridized carbons (Fsp3) is 0.286. The van der Waals surface area contributed by atoms with Crippen molar-refractivity contribution in [1.29, 1.82) is 0 Å². The van der Waals surface area contributed by atoms with E-state index in [0.717, 1.165) is 18.2 Å². The number of halogens is 1. The number of aromatic nitrogens is 2. The Kier molecular flexibility index (Phi) is 6.35. The molecule has 1 aliphatic rings. The van der Waals surface area contributed by atoms with E-state index >= 15 is 0 Å². The van der Waals surface area contributed by atoms with Crippen LogP contribution < -0.4 is 10.8 Å². The summed E-state index contributed by atoms with van der Waals surface area (Å²) in [6.07, 6.45) is 4.49. The van der Waals surface area contributed by atoms with E-state index < -0.39 is 15.6 Å². The van der Waals surface area contributed by atoms with Crippen LogP contribution in [0.25, 0.3) is 10.9 Å². The van der Waals surface area contributed by atoms with Gasteiger partial charge in [0.25, 0.3) is 5.95 Å². The number of hydroxylamine groups is 1. The summed E-state index contributed by atoms with van der Waals surface area (Å²) in [5.74, 6) is -0.0274. The second kappa shape index (κ2) is 9.17. The van der Waals surface area contributed by atoms with Crippen molar-refractivity contribution in [3.63, 3.8) is 0 Å². The molecule has 0 unspecified atom stereocenters. The van der Waals surface area contributed by atoms with E-state index in [1.54, 1.807) is 0 Å². The van der Waals surface area contributed by atoms with Gasteiger partial charge in [-0.05, 0) is 49.2 Å². The number of amidine groups is 1. The molecule has 1 saturated carbocycles. The lowest BCUT2D eigenvalue weighted by Gasteiger charge is -2.15. The lowest BCUT2D eigenvalue weighted by atomic mass is 10.2. The third kappa shape index (κ3) is 5.12. The zero-order chi connectivity index (χ0) is 21.8. The first kappa shape index (κ1) is 21.5. The van der Waals surface area contributed by atoms with E-state index in [4.69, 9.17) is 11.6 Å². The maximum atomic E-state index is 12.7. The molecule has 1 aliphatic carbocycles. The summed E-state index contributed by atoms with van der Waals surface area (Å²) in [5, 5.41) is 14.3. The Morgan fingerprint density at radius 3 is 2.52 bits per heavy atom. The Labute approximate surface area is 185 Å². The van der Waals surface area contributed by atoms with Crippen molar-refractivity contribution < 1.29 is 13.6 Å². The Hall–Kier alpha value is -2.75. The van der Waals surface area contributed by atoms with Gasteiger partial charge in [0.05, 0.1) is 10.4 Å². The smallest absolute Gasteiger partial charge is 0.253 e. The van der Waals surface area contributed by atoms with E-state index in [1.807, 2.05) is 29.7 Å². The zero-order valence-corrected chi connectivity index (χ0v) is 18.2. The molecule has 4 rings (SSSR count). The van der Waals surface area contributed by atoms with Crippen LogP contribution in [0.2, 0.25) is 5.02 Å². The van der Waals surface area contributed by atoms with E-state index in [9.17, 15) is 13.6 Å². The molecule has 3 N–H and O–H groups in total. The molecular weight excluding hydrogens is 438 g/mol. The van der Waals surface area contributed by atoms with Crippen molar-refractivity contribution in [3.05, 3.63) is 53.6 Å². The first-order chi connectivity index (χ1) is 14.9. The molecule has 0 amide bonds. The number of hydrogen-bond acceptors (Lipinski definition) is 7. The van der Waals surface area contributed by atoms with Crippen LogP contribution in [0.1, 0.15) is 25.7 Å². The minimum atomic E-state index is -3.76. The molecule has 0 bridgehead atoms. The SMILES string of the molecule is O=S(=O)(C/C(=N/c1nc(NC2CCCC2)c2ccccc2n1)NO)c1ccc(Cl)cc1. The molecular formula is C21H22ClN5O3S. The molecule has 0 saturated heterocycles. The highest BCUT2D eigenvalue weighted by Gasteiger charge is 2.20. The van der Waals surface area contributed by atoms with Gasteiger partial charge in [0.15, 0.2) is 9.84 Å². The maximum Gasteiger partial charge on any atom is 0.253 e. The molecule has 162 valence electrons. The number of hydrogen-bond donors (Lipinski definition) is 3. The van der Waals surface area contributed by atoms with Gasteiger partial charge in [0.1, 0.15) is 17.4 Å². The van der Waals surface area contributed by atoms with Gasteiger partial charge < -0.3 is 5.32 Å². The van der Waals surface area contributed by atoms with Crippen LogP contribution >= 0.6 is 11.6 Å². The molecule has 2 aromatic carbocycles. The molecule has 3 aromatic rings. The van der Waals surface area contributed by atoms with Gasteiger partial charge in [-0.3, -0.25) is 10.7 Å². The molecule has 0 atom stereocenters. The zero-order valence-electron chi connectivity index (χ0n) is 16.6. The fourth-order valence-electron chi connectivity index (χ4n) is 3.60. The molecule has 10 heteroatoms. The van der Waals surface area contributed by atoms with Crippen molar-refractivity contribution in [3.8, 4) is 0 Å². The van der Waals surface area contributed by atoms with Gasteiger partial charge in [-0.25, -0.2) is 13.4 Å². The summed E-state index contributed by atoms with van der Waals surface area (Å²) in [7, 11) is -3.76. The molecule has 1 fully saturated rings. The van der Waals surface area contributed by atoms with Crippen LogP contribution in [0.4, 0.5) is 11.8 Å². The predicted molar refractivity (Wildman–Crippen MR) is 121 cm³/mol. The van der Waals surface area contributed by atoms with E-state index in [0.29, 0.717) is 22.4 Å². The molecule has 0 spiro atoms. The van der Waals surface area contributed by atoms with Crippen molar-refractivity contribution in [2.75, 3.05) is 11.1 Å². The first-order valence-corrected chi connectivity index (χ1v) is 12.0.